The molecule has 1 N–H and O–H groups in total. The van der Waals surface area contributed by atoms with Gasteiger partial charge in [-0.1, -0.05) is 17.8 Å². The number of hydrogen-bond donors (Lipinski definition) is 1. The van der Waals surface area contributed by atoms with E-state index < -0.39 is 17.7 Å². The van der Waals surface area contributed by atoms with E-state index in [2.05, 4.69) is 15.3 Å². The third kappa shape index (κ3) is 4.50. The number of nitrogens with zero attached hydrogens (tertiary/aromatic N) is 2. The average Bonchev–Trinajstić information content (AvgIpc) is 2.50. The van der Waals surface area contributed by atoms with Crippen LogP contribution in [0.2, 0.25) is 0 Å². The molecule has 128 valence electrons. The second-order valence-electron chi connectivity index (χ2n) is 5.55. The topological polar surface area (TPSA) is 54.9 Å². The standard InChI is InChI=1S/C17H19F2N3OS/c1-9-10(2)21-17(22-11(9)3)24-8-16(23)20-12(4)14-6-5-13(18)7-15(14)19/h5-7,12H,8H2,1-4H3,(H,20,23)/t12-/m0/s1. The van der Waals surface area contributed by atoms with E-state index in [0.29, 0.717) is 5.16 Å². The van der Waals surface area contributed by atoms with Crippen molar-refractivity contribution in [2.75, 3.05) is 5.75 Å². The van der Waals surface area contributed by atoms with Gasteiger partial charge in [0.05, 0.1) is 11.8 Å². The summed E-state index contributed by atoms with van der Waals surface area (Å²) in [6.07, 6.45) is 0. The Labute approximate surface area is 144 Å². The van der Waals surface area contributed by atoms with Crippen LogP contribution < -0.4 is 5.32 Å². The van der Waals surface area contributed by atoms with Gasteiger partial charge in [-0.05, 0) is 39.3 Å². The molecule has 1 amide bonds. The first-order chi connectivity index (χ1) is 11.3. The molecular formula is C17H19F2N3OS. The number of aryl methyl sites for hydroxylation is 2. The third-order valence-electron chi connectivity index (χ3n) is 3.75. The zero-order valence-corrected chi connectivity index (χ0v) is 14.8. The summed E-state index contributed by atoms with van der Waals surface area (Å²) in [6, 6.07) is 2.75. The molecule has 0 saturated heterocycles. The van der Waals surface area contributed by atoms with E-state index >= 15 is 0 Å². The van der Waals surface area contributed by atoms with Crippen molar-refractivity contribution < 1.29 is 13.6 Å². The van der Waals surface area contributed by atoms with Gasteiger partial charge in [-0.15, -0.1) is 0 Å². The normalized spacial score (nSPS) is 12.1. The zero-order chi connectivity index (χ0) is 17.9. The lowest BCUT2D eigenvalue weighted by atomic mass is 10.1. The minimum Gasteiger partial charge on any atom is -0.349 e. The van der Waals surface area contributed by atoms with E-state index in [-0.39, 0.29) is 17.2 Å². The molecule has 1 heterocycles. The maximum absolute atomic E-state index is 13.7. The summed E-state index contributed by atoms with van der Waals surface area (Å²) in [6.45, 7) is 7.39. The fraction of sp³-hybridized carbons (Fsp3) is 0.353. The predicted octanol–water partition coefficient (Wildman–Crippen LogP) is 3.65. The molecule has 0 radical (unpaired) electrons. The van der Waals surface area contributed by atoms with Gasteiger partial charge in [0.15, 0.2) is 5.16 Å². The lowest BCUT2D eigenvalue weighted by Crippen LogP contribution is -2.28. The molecule has 0 saturated carbocycles. The Bertz CT molecular complexity index is 744. The summed E-state index contributed by atoms with van der Waals surface area (Å²) in [5.74, 6) is -1.47. The largest absolute Gasteiger partial charge is 0.349 e. The maximum atomic E-state index is 13.7. The Morgan fingerprint density at radius 1 is 1.21 bits per heavy atom. The summed E-state index contributed by atoms with van der Waals surface area (Å²) in [5.41, 5.74) is 3.04. The Hall–Kier alpha value is -2.02. The summed E-state index contributed by atoms with van der Waals surface area (Å²) in [4.78, 5) is 20.7. The fourth-order valence-corrected chi connectivity index (χ4v) is 2.90. The summed E-state index contributed by atoms with van der Waals surface area (Å²) in [7, 11) is 0. The summed E-state index contributed by atoms with van der Waals surface area (Å²) < 4.78 is 26.6. The molecule has 0 fully saturated rings. The van der Waals surface area contributed by atoms with Crippen LogP contribution in [-0.4, -0.2) is 21.6 Å². The molecule has 1 aromatic carbocycles. The highest BCUT2D eigenvalue weighted by Gasteiger charge is 2.15. The van der Waals surface area contributed by atoms with Crippen LogP contribution in [0.3, 0.4) is 0 Å². The van der Waals surface area contributed by atoms with E-state index in [4.69, 9.17) is 0 Å². The van der Waals surface area contributed by atoms with Crippen molar-refractivity contribution in [2.24, 2.45) is 0 Å². The molecular weight excluding hydrogens is 332 g/mol. The number of aromatic nitrogens is 2. The van der Waals surface area contributed by atoms with Crippen molar-refractivity contribution in [2.45, 2.75) is 38.9 Å². The third-order valence-corrected chi connectivity index (χ3v) is 4.60. The molecule has 0 aliphatic rings. The molecule has 0 aliphatic carbocycles. The SMILES string of the molecule is Cc1nc(SCC(=O)N[C@@H](C)c2ccc(F)cc2F)nc(C)c1C. The van der Waals surface area contributed by atoms with Crippen LogP contribution in [0, 0.1) is 32.4 Å². The van der Waals surface area contributed by atoms with Crippen LogP contribution in [0.5, 0.6) is 0 Å². The molecule has 0 aliphatic heterocycles. The Morgan fingerprint density at radius 3 is 2.42 bits per heavy atom. The highest BCUT2D eigenvalue weighted by Crippen LogP contribution is 2.19. The van der Waals surface area contributed by atoms with Gasteiger partial charge in [0.1, 0.15) is 11.6 Å². The highest BCUT2D eigenvalue weighted by molar-refractivity contribution is 7.99. The van der Waals surface area contributed by atoms with Crippen molar-refractivity contribution in [3.63, 3.8) is 0 Å². The monoisotopic (exact) mass is 351 g/mol. The lowest BCUT2D eigenvalue weighted by molar-refractivity contribution is -0.119. The molecule has 1 aromatic heterocycles. The van der Waals surface area contributed by atoms with Crippen molar-refractivity contribution in [1.29, 1.82) is 0 Å². The van der Waals surface area contributed by atoms with Crippen LogP contribution in [0.15, 0.2) is 23.4 Å². The first-order valence-electron chi connectivity index (χ1n) is 7.47. The van der Waals surface area contributed by atoms with E-state index in [9.17, 15) is 13.6 Å². The number of benzene rings is 1. The first-order valence-corrected chi connectivity index (χ1v) is 8.45. The van der Waals surface area contributed by atoms with Gasteiger partial charge >= 0.3 is 0 Å². The molecule has 0 spiro atoms. The van der Waals surface area contributed by atoms with Gasteiger partial charge in [-0.2, -0.15) is 0 Å². The number of halogens is 2. The van der Waals surface area contributed by atoms with Gasteiger partial charge in [0.25, 0.3) is 0 Å². The van der Waals surface area contributed by atoms with Gasteiger partial charge in [0, 0.05) is 23.0 Å². The number of hydrogen-bond acceptors (Lipinski definition) is 4. The minimum absolute atomic E-state index is 0.120. The van der Waals surface area contributed by atoms with Crippen molar-refractivity contribution in [3.05, 3.63) is 52.3 Å². The molecule has 0 unspecified atom stereocenters. The second kappa shape index (κ2) is 7.70. The van der Waals surface area contributed by atoms with E-state index in [1.807, 2.05) is 20.8 Å². The number of thioether (sulfide) groups is 1. The van der Waals surface area contributed by atoms with Gasteiger partial charge in [-0.3, -0.25) is 4.79 Å². The van der Waals surface area contributed by atoms with E-state index in [1.54, 1.807) is 6.92 Å². The highest BCUT2D eigenvalue weighted by atomic mass is 32.2. The average molecular weight is 351 g/mol. The van der Waals surface area contributed by atoms with Crippen molar-refractivity contribution >= 4 is 17.7 Å². The van der Waals surface area contributed by atoms with Crippen LogP contribution in [0.1, 0.15) is 35.5 Å². The summed E-state index contributed by atoms with van der Waals surface area (Å²) >= 11 is 1.22. The van der Waals surface area contributed by atoms with Crippen molar-refractivity contribution in [3.8, 4) is 0 Å². The fourth-order valence-electron chi connectivity index (χ4n) is 2.15. The lowest BCUT2D eigenvalue weighted by Gasteiger charge is -2.15. The second-order valence-corrected chi connectivity index (χ2v) is 6.49. The zero-order valence-electron chi connectivity index (χ0n) is 14.0. The number of amides is 1. The van der Waals surface area contributed by atoms with E-state index in [1.165, 1.54) is 23.9 Å². The molecule has 0 bridgehead atoms. The summed E-state index contributed by atoms with van der Waals surface area (Å²) in [5, 5.41) is 3.22. The minimum atomic E-state index is -0.677. The molecule has 1 atom stereocenters. The number of rotatable bonds is 5. The molecule has 2 aromatic rings. The Balaban J connectivity index is 1.96. The number of carbonyl (C=O) groups is 1. The van der Waals surface area contributed by atoms with Crippen LogP contribution in [-0.2, 0) is 4.79 Å². The quantitative estimate of drug-likeness (QED) is 0.660. The molecule has 7 heteroatoms. The Morgan fingerprint density at radius 2 is 1.83 bits per heavy atom. The van der Waals surface area contributed by atoms with Gasteiger partial charge in [0.2, 0.25) is 5.91 Å². The number of carbonyl (C=O) groups excluding carboxylic acids is 1. The van der Waals surface area contributed by atoms with Crippen molar-refractivity contribution in [1.82, 2.24) is 15.3 Å². The van der Waals surface area contributed by atoms with Crippen LogP contribution >= 0.6 is 11.8 Å². The Kier molecular flexibility index (Phi) is 5.88. The maximum Gasteiger partial charge on any atom is 0.230 e. The predicted molar refractivity (Wildman–Crippen MR) is 89.9 cm³/mol. The molecule has 24 heavy (non-hydrogen) atoms. The molecule has 4 nitrogen and oxygen atoms in total. The first kappa shape index (κ1) is 18.3. The number of nitrogens with one attached hydrogen (secondary N) is 1. The van der Waals surface area contributed by atoms with Crippen LogP contribution in [0.25, 0.3) is 0 Å². The van der Waals surface area contributed by atoms with Gasteiger partial charge < -0.3 is 5.32 Å². The van der Waals surface area contributed by atoms with Crippen LogP contribution in [0.4, 0.5) is 8.78 Å². The smallest absolute Gasteiger partial charge is 0.230 e. The van der Waals surface area contributed by atoms with E-state index in [0.717, 1.165) is 23.0 Å². The van der Waals surface area contributed by atoms with Gasteiger partial charge in [-0.25, -0.2) is 18.7 Å². The molecule has 2 rings (SSSR count).